The van der Waals surface area contributed by atoms with Crippen molar-refractivity contribution in [2.75, 3.05) is 0 Å². The predicted molar refractivity (Wildman–Crippen MR) is 72.4 cm³/mol. The fraction of sp³-hybridized carbons (Fsp3) is 0.571. The smallest absolute Gasteiger partial charge is 0.124 e. The molecule has 1 fully saturated rings. The molecule has 0 radical (unpaired) electrons. The van der Waals surface area contributed by atoms with Gasteiger partial charge in [0.25, 0.3) is 0 Å². The van der Waals surface area contributed by atoms with Crippen LogP contribution in [0.3, 0.4) is 0 Å². The molecule has 94 valence electrons. The molecule has 1 aromatic carbocycles. The monoisotopic (exact) mass is 299 g/mol. The molecule has 0 unspecified atom stereocenters. The molecule has 0 amide bonds. The van der Waals surface area contributed by atoms with E-state index in [0.29, 0.717) is 6.04 Å². The van der Waals surface area contributed by atoms with E-state index in [1.807, 2.05) is 6.07 Å². The maximum atomic E-state index is 13.2. The third-order valence-electron chi connectivity index (χ3n) is 3.66. The molecule has 1 saturated carbocycles. The first kappa shape index (κ1) is 13.0. The van der Waals surface area contributed by atoms with E-state index in [4.69, 9.17) is 0 Å². The highest BCUT2D eigenvalue weighted by Crippen LogP contribution is 2.27. The molecule has 0 aromatic heterocycles. The summed E-state index contributed by atoms with van der Waals surface area (Å²) in [6, 6.07) is 5.58. The van der Waals surface area contributed by atoms with Crippen molar-refractivity contribution in [2.24, 2.45) is 5.92 Å². The van der Waals surface area contributed by atoms with Gasteiger partial charge in [-0.1, -0.05) is 28.8 Å². The molecule has 2 rings (SSSR count). The molecule has 0 saturated heterocycles. The lowest BCUT2D eigenvalue weighted by molar-refractivity contribution is 0.380. The standard InChI is InChI=1S/C14H19BrFN/c1-10(12-4-2-3-5-12)17-9-11-6-13(15)8-14(16)7-11/h6-8,10,12,17H,2-5,9H2,1H3/t10-/m0/s1. The van der Waals surface area contributed by atoms with E-state index >= 15 is 0 Å². The normalized spacial score (nSPS) is 18.5. The molecular formula is C14H19BrFN. The third kappa shape index (κ3) is 3.78. The fourth-order valence-electron chi connectivity index (χ4n) is 2.62. The van der Waals surface area contributed by atoms with E-state index in [-0.39, 0.29) is 5.82 Å². The van der Waals surface area contributed by atoms with Crippen LogP contribution in [-0.2, 0) is 6.54 Å². The molecule has 0 spiro atoms. The maximum Gasteiger partial charge on any atom is 0.124 e. The predicted octanol–water partition coefficient (Wildman–Crippen LogP) is 4.26. The van der Waals surface area contributed by atoms with Gasteiger partial charge < -0.3 is 5.32 Å². The van der Waals surface area contributed by atoms with Gasteiger partial charge in [-0.2, -0.15) is 0 Å². The van der Waals surface area contributed by atoms with Crippen LogP contribution in [0.1, 0.15) is 38.2 Å². The number of nitrogens with one attached hydrogen (secondary N) is 1. The van der Waals surface area contributed by atoms with Gasteiger partial charge in [-0.25, -0.2) is 4.39 Å². The summed E-state index contributed by atoms with van der Waals surface area (Å²) < 4.78 is 14.0. The van der Waals surface area contributed by atoms with E-state index in [2.05, 4.69) is 28.2 Å². The zero-order valence-corrected chi connectivity index (χ0v) is 11.8. The van der Waals surface area contributed by atoms with Gasteiger partial charge >= 0.3 is 0 Å². The quantitative estimate of drug-likeness (QED) is 0.876. The van der Waals surface area contributed by atoms with Crippen molar-refractivity contribution < 1.29 is 4.39 Å². The van der Waals surface area contributed by atoms with Crippen molar-refractivity contribution in [1.82, 2.24) is 5.32 Å². The molecule has 3 heteroatoms. The number of halogens is 2. The molecule has 0 aliphatic heterocycles. The van der Waals surface area contributed by atoms with Gasteiger partial charge in [0.1, 0.15) is 5.82 Å². The Labute approximate surface area is 111 Å². The van der Waals surface area contributed by atoms with E-state index in [1.165, 1.54) is 31.7 Å². The van der Waals surface area contributed by atoms with Crippen LogP contribution in [-0.4, -0.2) is 6.04 Å². The summed E-state index contributed by atoms with van der Waals surface area (Å²) in [5.41, 5.74) is 1.00. The number of hydrogen-bond donors (Lipinski definition) is 1. The highest BCUT2D eigenvalue weighted by Gasteiger charge is 2.20. The van der Waals surface area contributed by atoms with Gasteiger partial charge in [-0.05, 0) is 49.4 Å². The molecule has 17 heavy (non-hydrogen) atoms. The van der Waals surface area contributed by atoms with Crippen LogP contribution in [0.15, 0.2) is 22.7 Å². The van der Waals surface area contributed by atoms with E-state index in [9.17, 15) is 4.39 Å². The van der Waals surface area contributed by atoms with E-state index < -0.39 is 0 Å². The second kappa shape index (κ2) is 5.96. The summed E-state index contributed by atoms with van der Waals surface area (Å²) in [7, 11) is 0. The Kier molecular flexibility index (Phi) is 4.57. The van der Waals surface area contributed by atoms with Gasteiger partial charge in [0.15, 0.2) is 0 Å². The van der Waals surface area contributed by atoms with Gasteiger partial charge in [0.05, 0.1) is 0 Å². The van der Waals surface area contributed by atoms with Crippen LogP contribution >= 0.6 is 15.9 Å². The van der Waals surface area contributed by atoms with Crippen molar-refractivity contribution in [1.29, 1.82) is 0 Å². The second-order valence-electron chi connectivity index (χ2n) is 4.99. The topological polar surface area (TPSA) is 12.0 Å². The van der Waals surface area contributed by atoms with Crippen LogP contribution < -0.4 is 5.32 Å². The Morgan fingerprint density at radius 2 is 2.06 bits per heavy atom. The van der Waals surface area contributed by atoms with Crippen molar-refractivity contribution in [3.05, 3.63) is 34.1 Å². The largest absolute Gasteiger partial charge is 0.310 e. The lowest BCUT2D eigenvalue weighted by atomic mass is 9.99. The molecule has 0 bridgehead atoms. The van der Waals surface area contributed by atoms with Gasteiger partial charge in [0, 0.05) is 17.1 Å². The van der Waals surface area contributed by atoms with Gasteiger partial charge in [0.2, 0.25) is 0 Å². The summed E-state index contributed by atoms with van der Waals surface area (Å²) in [5, 5.41) is 3.51. The summed E-state index contributed by atoms with van der Waals surface area (Å²) in [6.45, 7) is 2.98. The minimum atomic E-state index is -0.176. The molecule has 1 N–H and O–H groups in total. The van der Waals surface area contributed by atoms with E-state index in [0.717, 1.165) is 22.5 Å². The Morgan fingerprint density at radius 3 is 2.71 bits per heavy atom. The van der Waals surface area contributed by atoms with Gasteiger partial charge in [-0.15, -0.1) is 0 Å². The Morgan fingerprint density at radius 1 is 1.35 bits per heavy atom. The van der Waals surface area contributed by atoms with Crippen LogP contribution in [0.4, 0.5) is 4.39 Å². The minimum absolute atomic E-state index is 0.176. The summed E-state index contributed by atoms with van der Waals surface area (Å²) in [4.78, 5) is 0. The first-order valence-electron chi connectivity index (χ1n) is 6.33. The second-order valence-corrected chi connectivity index (χ2v) is 5.91. The zero-order valence-electron chi connectivity index (χ0n) is 10.2. The average molecular weight is 300 g/mol. The highest BCUT2D eigenvalue weighted by molar-refractivity contribution is 9.10. The van der Waals surface area contributed by atoms with Crippen molar-refractivity contribution >= 4 is 15.9 Å². The Hall–Kier alpha value is -0.410. The molecule has 1 aliphatic carbocycles. The zero-order chi connectivity index (χ0) is 12.3. The summed E-state index contributed by atoms with van der Waals surface area (Å²) in [6.07, 6.45) is 5.40. The van der Waals surface area contributed by atoms with Crippen molar-refractivity contribution in [3.8, 4) is 0 Å². The average Bonchev–Trinajstić information content (AvgIpc) is 2.78. The number of rotatable bonds is 4. The molecule has 1 aromatic rings. The molecule has 1 nitrogen and oxygen atoms in total. The van der Waals surface area contributed by atoms with Crippen LogP contribution in [0, 0.1) is 11.7 Å². The summed E-state index contributed by atoms with van der Waals surface area (Å²) in [5.74, 6) is 0.622. The number of benzene rings is 1. The molecular weight excluding hydrogens is 281 g/mol. The van der Waals surface area contributed by atoms with Crippen LogP contribution in [0.25, 0.3) is 0 Å². The molecule has 0 heterocycles. The lowest BCUT2D eigenvalue weighted by Crippen LogP contribution is -2.31. The van der Waals surface area contributed by atoms with Crippen LogP contribution in [0.2, 0.25) is 0 Å². The maximum absolute atomic E-state index is 13.2. The van der Waals surface area contributed by atoms with Crippen molar-refractivity contribution in [2.45, 2.75) is 45.2 Å². The minimum Gasteiger partial charge on any atom is -0.310 e. The Bertz CT molecular complexity index is 354. The first-order chi connectivity index (χ1) is 8.15. The lowest BCUT2D eigenvalue weighted by Gasteiger charge is -2.20. The third-order valence-corrected chi connectivity index (χ3v) is 4.12. The van der Waals surface area contributed by atoms with Crippen molar-refractivity contribution in [3.63, 3.8) is 0 Å². The molecule has 1 aliphatic rings. The highest BCUT2D eigenvalue weighted by atomic mass is 79.9. The van der Waals surface area contributed by atoms with E-state index in [1.54, 1.807) is 6.07 Å². The van der Waals surface area contributed by atoms with Crippen LogP contribution in [0.5, 0.6) is 0 Å². The SMILES string of the molecule is C[C@H](NCc1cc(F)cc(Br)c1)C1CCCC1. The molecule has 1 atom stereocenters. The van der Waals surface area contributed by atoms with Gasteiger partial charge in [-0.3, -0.25) is 0 Å². The fourth-order valence-corrected chi connectivity index (χ4v) is 3.13. The number of hydrogen-bond acceptors (Lipinski definition) is 1. The first-order valence-corrected chi connectivity index (χ1v) is 7.13. The Balaban J connectivity index is 1.88. The summed E-state index contributed by atoms with van der Waals surface area (Å²) >= 11 is 3.32.